The van der Waals surface area contributed by atoms with Crippen LogP contribution < -0.4 is 39.3 Å². The minimum atomic E-state index is -4.64. The summed E-state index contributed by atoms with van der Waals surface area (Å²) in [5.41, 5.74) is -0.101. The number of methoxy groups -OCH3 is 2. The molecule has 3 aromatic heterocycles. The van der Waals surface area contributed by atoms with E-state index in [1.54, 1.807) is 4.72 Å². The lowest BCUT2D eigenvalue weighted by atomic mass is 9.92. The second-order valence-corrected chi connectivity index (χ2v) is 17.9. The number of benzene rings is 1. The molecule has 0 fully saturated rings. The van der Waals surface area contributed by atoms with Gasteiger partial charge in [-0.15, -0.1) is 6.42 Å². The Hall–Kier alpha value is -6.21. The zero-order chi connectivity index (χ0) is 47.0. The largest absolute Gasteiger partial charge is 0.481 e. The second-order valence-electron chi connectivity index (χ2n) is 13.5. The summed E-state index contributed by atoms with van der Waals surface area (Å²) in [4.78, 5) is 75.6. The summed E-state index contributed by atoms with van der Waals surface area (Å²) < 4.78 is 73.3. The molecular formula is C33H38ClFN11O14PS2. The molecule has 0 unspecified atom stereocenters. The number of aryl methyl sites for hydroxylation is 1. The number of ether oxygens (including phenoxy) is 3. The number of carboxylic acid groups (broad SMARTS) is 2. The Morgan fingerprint density at radius 3 is 2.38 bits per heavy atom. The number of anilines is 2. The lowest BCUT2D eigenvalue weighted by molar-refractivity contribution is -0.135. The normalized spacial score (nSPS) is 14.1. The molecule has 0 spiro atoms. The number of rotatable bonds is 12. The van der Waals surface area contributed by atoms with Crippen molar-refractivity contribution in [2.75, 3.05) is 50.4 Å². The molecule has 0 saturated carbocycles. The minimum Gasteiger partial charge on any atom is -0.481 e. The Kier molecular flexibility index (Phi) is 15.9. The van der Waals surface area contributed by atoms with Crippen molar-refractivity contribution in [1.82, 2.24) is 38.7 Å². The van der Waals surface area contributed by atoms with Crippen LogP contribution in [0.15, 0.2) is 28.2 Å². The molecule has 63 heavy (non-hydrogen) atoms. The topological polar surface area (TPSA) is 341 Å². The van der Waals surface area contributed by atoms with Gasteiger partial charge < -0.3 is 38.8 Å². The number of nitrogens with one attached hydrogen (secondary N) is 3. The van der Waals surface area contributed by atoms with Gasteiger partial charge in [0.05, 0.1) is 45.3 Å². The molecule has 0 aliphatic carbocycles. The van der Waals surface area contributed by atoms with Gasteiger partial charge in [-0.2, -0.15) is 27.9 Å². The lowest BCUT2D eigenvalue weighted by Crippen LogP contribution is -2.39. The summed E-state index contributed by atoms with van der Waals surface area (Å²) in [5.74, 6) is -0.0763. The SMILES string of the molecule is C#CCN1C(=O)COc2cc(F)c(N=c3snc4n3CC(C)(C)C4)cc21.COc1cc(OC)nc(NC(=O)NS(=O)(=O)c2c(C(=O)O)c(Cl)nn2C)n1.O=C(O)CNCP(=O)(O)O. The van der Waals surface area contributed by atoms with Gasteiger partial charge in [0.2, 0.25) is 22.5 Å². The molecule has 0 bridgehead atoms. The van der Waals surface area contributed by atoms with Crippen LogP contribution in [-0.4, -0.2) is 121 Å². The predicted molar refractivity (Wildman–Crippen MR) is 218 cm³/mol. The summed E-state index contributed by atoms with van der Waals surface area (Å²) in [6.07, 6.45) is 5.62. The minimum absolute atomic E-state index is 0.0478. The molecule has 5 heterocycles. The molecule has 2 aliphatic rings. The van der Waals surface area contributed by atoms with E-state index in [1.165, 1.54) is 48.9 Å². The van der Waals surface area contributed by atoms with Gasteiger partial charge in [-0.3, -0.25) is 34.4 Å². The quantitative estimate of drug-likeness (QED) is 0.0773. The van der Waals surface area contributed by atoms with E-state index in [2.05, 4.69) is 54.8 Å². The van der Waals surface area contributed by atoms with Crippen molar-refractivity contribution >= 4 is 82.0 Å². The average molecular weight is 962 g/mol. The number of hydrogen-bond donors (Lipinski definition) is 7. The van der Waals surface area contributed by atoms with Gasteiger partial charge in [-0.05, 0) is 11.5 Å². The van der Waals surface area contributed by atoms with Gasteiger partial charge in [0.15, 0.2) is 22.6 Å². The summed E-state index contributed by atoms with van der Waals surface area (Å²) in [6, 6.07) is 2.82. The predicted octanol–water partition coefficient (Wildman–Crippen LogP) is 1.14. The number of carbonyl (C=O) groups is 4. The molecule has 6 rings (SSSR count). The molecule has 0 radical (unpaired) electrons. The van der Waals surface area contributed by atoms with E-state index in [0.717, 1.165) is 25.8 Å². The maximum Gasteiger partial charge on any atom is 0.341 e. The van der Waals surface area contributed by atoms with Gasteiger partial charge >= 0.3 is 25.6 Å². The molecule has 0 saturated heterocycles. The van der Waals surface area contributed by atoms with Crippen LogP contribution in [-0.2, 0) is 44.2 Å². The number of amides is 3. The van der Waals surface area contributed by atoms with Gasteiger partial charge in [0.1, 0.15) is 22.8 Å². The first-order valence-electron chi connectivity index (χ1n) is 17.4. The van der Waals surface area contributed by atoms with Crippen LogP contribution in [0.3, 0.4) is 0 Å². The van der Waals surface area contributed by atoms with Crippen LogP contribution >= 0.6 is 30.7 Å². The first-order chi connectivity index (χ1) is 29.4. The van der Waals surface area contributed by atoms with Crippen LogP contribution in [0.25, 0.3) is 0 Å². The number of fused-ring (bicyclic) bond motifs is 2. The van der Waals surface area contributed by atoms with E-state index in [-0.39, 0.29) is 47.9 Å². The van der Waals surface area contributed by atoms with E-state index in [4.69, 9.17) is 52.2 Å². The second kappa shape index (κ2) is 20.3. The van der Waals surface area contributed by atoms with Crippen molar-refractivity contribution in [1.29, 1.82) is 0 Å². The molecule has 4 aromatic rings. The zero-order valence-electron chi connectivity index (χ0n) is 33.5. The highest BCUT2D eigenvalue weighted by atomic mass is 35.5. The Morgan fingerprint density at radius 1 is 1.16 bits per heavy atom. The third kappa shape index (κ3) is 13.2. The third-order valence-corrected chi connectivity index (χ3v) is 11.1. The van der Waals surface area contributed by atoms with Gasteiger partial charge in [0, 0.05) is 37.6 Å². The average Bonchev–Trinajstić information content (AvgIpc) is 3.80. The van der Waals surface area contributed by atoms with E-state index in [1.807, 2.05) is 4.57 Å². The van der Waals surface area contributed by atoms with Gasteiger partial charge in [-0.25, -0.2) is 23.7 Å². The number of aromatic nitrogens is 6. The monoisotopic (exact) mass is 961 g/mol. The summed E-state index contributed by atoms with van der Waals surface area (Å²) in [5, 5.41) is 23.4. The number of aliphatic carboxylic acids is 1. The molecule has 1 aromatic carbocycles. The van der Waals surface area contributed by atoms with Crippen molar-refractivity contribution in [3.05, 3.63) is 45.4 Å². The first-order valence-corrected chi connectivity index (χ1v) is 21.9. The number of carboxylic acids is 2. The summed E-state index contributed by atoms with van der Waals surface area (Å²) >= 11 is 6.87. The van der Waals surface area contributed by atoms with Crippen LogP contribution in [0.1, 0.15) is 30.0 Å². The van der Waals surface area contributed by atoms with Crippen molar-refractivity contribution in [2.24, 2.45) is 17.5 Å². The van der Waals surface area contributed by atoms with E-state index < -0.39 is 70.0 Å². The van der Waals surface area contributed by atoms with Gasteiger partial charge in [0.25, 0.3) is 15.9 Å². The molecule has 0 atom stereocenters. The third-order valence-electron chi connectivity index (χ3n) is 8.00. The van der Waals surface area contributed by atoms with E-state index >= 15 is 0 Å². The molecule has 340 valence electrons. The van der Waals surface area contributed by atoms with Crippen LogP contribution in [0.4, 0.5) is 26.5 Å². The molecule has 7 N–H and O–H groups in total. The number of terminal acetylenes is 1. The lowest BCUT2D eigenvalue weighted by Gasteiger charge is -2.28. The fraction of sp³-hybridized carbons (Fsp3) is 0.364. The highest BCUT2D eigenvalue weighted by molar-refractivity contribution is 7.90. The number of nitrogens with zero attached hydrogens (tertiary/aromatic N) is 8. The Labute approximate surface area is 365 Å². The molecule has 25 nitrogen and oxygen atoms in total. The van der Waals surface area contributed by atoms with Crippen molar-refractivity contribution < 1.29 is 70.8 Å². The fourth-order valence-corrected chi connectivity index (χ4v) is 8.22. The number of sulfonamides is 1. The summed E-state index contributed by atoms with van der Waals surface area (Å²) in [7, 11) is -4.95. The highest BCUT2D eigenvalue weighted by Crippen LogP contribution is 2.38. The van der Waals surface area contributed by atoms with Gasteiger partial charge in [-0.1, -0.05) is 31.4 Å². The molecule has 2 aliphatic heterocycles. The molecular weight excluding hydrogens is 924 g/mol. The number of carbonyl (C=O) groups excluding carboxylic acids is 2. The van der Waals surface area contributed by atoms with Crippen molar-refractivity contribution in [3.63, 3.8) is 0 Å². The molecule has 30 heteroatoms. The number of hydrogen-bond acceptors (Lipinski definition) is 17. The van der Waals surface area contributed by atoms with E-state index in [9.17, 15) is 36.6 Å². The first kappa shape index (κ1) is 49.4. The smallest absolute Gasteiger partial charge is 0.341 e. The summed E-state index contributed by atoms with van der Waals surface area (Å²) in [6.45, 7) is 4.61. The van der Waals surface area contributed by atoms with Crippen LogP contribution in [0.2, 0.25) is 5.15 Å². The maximum atomic E-state index is 14.5. The Balaban J connectivity index is 0.000000229. The molecule has 3 amide bonds. The highest BCUT2D eigenvalue weighted by Gasteiger charge is 2.33. The van der Waals surface area contributed by atoms with E-state index in [0.29, 0.717) is 20.9 Å². The fourth-order valence-electron chi connectivity index (χ4n) is 5.49. The number of urea groups is 1. The van der Waals surface area contributed by atoms with Crippen molar-refractivity contribution in [2.45, 2.75) is 31.8 Å². The number of aromatic carboxylic acids is 1. The maximum absolute atomic E-state index is 14.5. The van der Waals surface area contributed by atoms with Crippen LogP contribution in [0, 0.1) is 23.6 Å². The standard InChI is InChI=1S/C18H17FN4O2S.C12H13ClN6O7S.C3H8NO5P/c1-4-5-22-13-7-12(11(19)6-14(13)25-9-16(22)24)20-17-23-10-18(2,3)8-15(23)21-26-17;1-19-9(7(10(20)21)8(13)17-19)27(23,24)18-12(22)16-11-14-5(25-2)4-6(15-11)26-3;5-3(6)1-4-2-10(7,8)9/h1,6-7H,5,8-10H2,2-3H3;4H,1-3H3,(H,20,21)(H2,14,15,16,18,22);4H,1-2H2,(H,5,6)(H2,7,8,9). The number of halogens is 2. The Morgan fingerprint density at radius 2 is 1.81 bits per heavy atom. The van der Waals surface area contributed by atoms with Crippen LogP contribution in [0.5, 0.6) is 17.5 Å². The zero-order valence-corrected chi connectivity index (χ0v) is 36.8. The Bertz CT molecular complexity index is 2670. The van der Waals surface area contributed by atoms with Crippen molar-refractivity contribution in [3.8, 4) is 29.9 Å².